The van der Waals surface area contributed by atoms with Crippen molar-refractivity contribution in [1.82, 2.24) is 10.2 Å². The molecular weight excluding hydrogens is 389 g/mol. The Morgan fingerprint density at radius 3 is 2.55 bits per heavy atom. The average molecular weight is 416 g/mol. The predicted octanol–water partition coefficient (Wildman–Crippen LogP) is 3.16. The number of carbonyl (C=O) groups excluding carboxylic acids is 1. The highest BCUT2D eigenvalue weighted by atomic mass is 19.4. The summed E-state index contributed by atoms with van der Waals surface area (Å²) >= 11 is 0. The first kappa shape index (κ1) is 23.2. The maximum Gasteiger partial charge on any atom is 0.416 e. The summed E-state index contributed by atoms with van der Waals surface area (Å²) in [5.41, 5.74) is -1.78. The molecule has 9 heteroatoms. The minimum Gasteiger partial charge on any atom is -0.478 e. The van der Waals surface area contributed by atoms with Crippen molar-refractivity contribution in [3.8, 4) is 0 Å². The number of likely N-dealkylation sites (tertiary alicyclic amines) is 1. The van der Waals surface area contributed by atoms with Crippen molar-refractivity contribution in [1.29, 1.82) is 0 Å². The van der Waals surface area contributed by atoms with E-state index in [1.165, 1.54) is 12.1 Å². The number of nitrogens with zero attached hydrogens (tertiary/aromatic N) is 1. The molecule has 0 aromatic heterocycles. The zero-order chi connectivity index (χ0) is 21.8. The topological polar surface area (TPSA) is 78.9 Å². The summed E-state index contributed by atoms with van der Waals surface area (Å²) in [6, 6.07) is 3.12. The molecule has 6 nitrogen and oxygen atoms in total. The van der Waals surface area contributed by atoms with Gasteiger partial charge in [0.2, 0.25) is 0 Å². The van der Waals surface area contributed by atoms with E-state index < -0.39 is 23.3 Å². The van der Waals surface area contributed by atoms with E-state index in [1.54, 1.807) is 20.8 Å². The van der Waals surface area contributed by atoms with Gasteiger partial charge in [0, 0.05) is 13.1 Å². The second-order valence-electron chi connectivity index (χ2n) is 8.28. The number of aromatic carboxylic acids is 1. The standard InChI is InChI=1S/C20H27F3N2O4/c1-19(2,3)29-17(26)10-24-9-13-6-7-25(11-13)12-15-5-4-14(18(27)28)8-16(15)20(21,22)23/h4-5,8,13,24H,6-7,9-12H2,1-3H3,(H,27,28)/t13-/m1/s1. The summed E-state index contributed by atoms with van der Waals surface area (Å²) in [6.07, 6.45) is -3.81. The first-order valence-corrected chi connectivity index (χ1v) is 9.43. The molecule has 0 saturated carbocycles. The van der Waals surface area contributed by atoms with Crippen molar-refractivity contribution in [2.24, 2.45) is 5.92 Å². The minimum atomic E-state index is -4.62. The molecule has 0 radical (unpaired) electrons. The molecule has 1 aromatic rings. The van der Waals surface area contributed by atoms with E-state index >= 15 is 0 Å². The van der Waals surface area contributed by atoms with Gasteiger partial charge < -0.3 is 15.2 Å². The summed E-state index contributed by atoms with van der Waals surface area (Å²) in [5, 5.41) is 12.0. The van der Waals surface area contributed by atoms with E-state index in [4.69, 9.17) is 9.84 Å². The summed E-state index contributed by atoms with van der Waals surface area (Å²) in [6.45, 7) is 7.35. The van der Waals surface area contributed by atoms with Crippen LogP contribution in [0.2, 0.25) is 0 Å². The fourth-order valence-electron chi connectivity index (χ4n) is 3.33. The molecule has 1 atom stereocenters. The van der Waals surface area contributed by atoms with Crippen molar-refractivity contribution in [2.45, 2.75) is 45.5 Å². The van der Waals surface area contributed by atoms with E-state index in [2.05, 4.69) is 5.32 Å². The molecule has 162 valence electrons. The zero-order valence-electron chi connectivity index (χ0n) is 16.8. The van der Waals surface area contributed by atoms with Crippen LogP contribution in [-0.2, 0) is 22.3 Å². The monoisotopic (exact) mass is 416 g/mol. The van der Waals surface area contributed by atoms with Crippen LogP contribution in [0.1, 0.15) is 48.7 Å². The van der Waals surface area contributed by atoms with E-state index in [9.17, 15) is 22.8 Å². The fourth-order valence-corrected chi connectivity index (χ4v) is 3.33. The van der Waals surface area contributed by atoms with Crippen LogP contribution in [0.25, 0.3) is 0 Å². The number of hydrogen-bond acceptors (Lipinski definition) is 5. The number of carboxylic acids is 1. The zero-order valence-corrected chi connectivity index (χ0v) is 16.8. The third kappa shape index (κ3) is 7.32. The average Bonchev–Trinajstić information content (AvgIpc) is 2.99. The number of halogens is 3. The molecule has 1 heterocycles. The van der Waals surface area contributed by atoms with Gasteiger partial charge >= 0.3 is 18.1 Å². The van der Waals surface area contributed by atoms with Crippen molar-refractivity contribution in [3.63, 3.8) is 0 Å². The van der Waals surface area contributed by atoms with Crippen LogP contribution >= 0.6 is 0 Å². The normalized spacial score (nSPS) is 18.1. The Labute approximate surface area is 168 Å². The lowest BCUT2D eigenvalue weighted by atomic mass is 10.0. The lowest BCUT2D eigenvalue weighted by Crippen LogP contribution is -2.34. The summed E-state index contributed by atoms with van der Waals surface area (Å²) in [7, 11) is 0. The Hall–Kier alpha value is -2.13. The molecule has 1 saturated heterocycles. The number of alkyl halides is 3. The number of ether oxygens (including phenoxy) is 1. The van der Waals surface area contributed by atoms with E-state index in [0.717, 1.165) is 6.42 Å². The van der Waals surface area contributed by atoms with Gasteiger partial charge in [0.1, 0.15) is 5.60 Å². The highest BCUT2D eigenvalue weighted by molar-refractivity contribution is 5.88. The molecule has 2 N–H and O–H groups in total. The number of hydrogen-bond donors (Lipinski definition) is 2. The Morgan fingerprint density at radius 1 is 1.28 bits per heavy atom. The third-order valence-corrected chi connectivity index (χ3v) is 4.55. The lowest BCUT2D eigenvalue weighted by Gasteiger charge is -2.21. The fraction of sp³-hybridized carbons (Fsp3) is 0.600. The van der Waals surface area contributed by atoms with Crippen LogP contribution in [0.15, 0.2) is 18.2 Å². The van der Waals surface area contributed by atoms with E-state index in [1.807, 2.05) is 4.90 Å². The Bertz CT molecular complexity index is 744. The van der Waals surface area contributed by atoms with Gasteiger partial charge in [0.15, 0.2) is 0 Å². The van der Waals surface area contributed by atoms with Crippen LogP contribution in [-0.4, -0.2) is 53.7 Å². The van der Waals surface area contributed by atoms with Gasteiger partial charge in [0.05, 0.1) is 17.7 Å². The quantitative estimate of drug-likeness (QED) is 0.665. The van der Waals surface area contributed by atoms with Gasteiger partial charge in [-0.15, -0.1) is 0 Å². The van der Waals surface area contributed by atoms with Crippen LogP contribution in [0.5, 0.6) is 0 Å². The Morgan fingerprint density at radius 2 is 1.97 bits per heavy atom. The third-order valence-electron chi connectivity index (χ3n) is 4.55. The maximum atomic E-state index is 13.3. The predicted molar refractivity (Wildman–Crippen MR) is 101 cm³/mol. The van der Waals surface area contributed by atoms with Gasteiger partial charge in [-0.1, -0.05) is 6.07 Å². The highest BCUT2D eigenvalue weighted by Crippen LogP contribution is 2.34. The van der Waals surface area contributed by atoms with Crippen molar-refractivity contribution < 1.29 is 32.6 Å². The molecule has 0 unspecified atom stereocenters. The summed E-state index contributed by atoms with van der Waals surface area (Å²) in [4.78, 5) is 24.6. The smallest absolute Gasteiger partial charge is 0.416 e. The molecule has 1 aliphatic rings. The molecule has 0 bridgehead atoms. The van der Waals surface area contributed by atoms with Crippen molar-refractivity contribution >= 4 is 11.9 Å². The molecule has 1 aliphatic heterocycles. The van der Waals surface area contributed by atoms with Gasteiger partial charge in [-0.25, -0.2) is 4.79 Å². The highest BCUT2D eigenvalue weighted by Gasteiger charge is 2.35. The number of benzene rings is 1. The number of nitrogens with one attached hydrogen (secondary N) is 1. The van der Waals surface area contributed by atoms with E-state index in [0.29, 0.717) is 25.7 Å². The van der Waals surface area contributed by atoms with E-state index in [-0.39, 0.29) is 36.1 Å². The molecule has 1 aromatic carbocycles. The largest absolute Gasteiger partial charge is 0.478 e. The summed E-state index contributed by atoms with van der Waals surface area (Å²) in [5.74, 6) is -1.52. The molecule has 29 heavy (non-hydrogen) atoms. The number of rotatable bonds is 7. The van der Waals surface area contributed by atoms with Gasteiger partial charge in [0.25, 0.3) is 0 Å². The first-order chi connectivity index (χ1) is 13.3. The van der Waals surface area contributed by atoms with Crippen LogP contribution < -0.4 is 5.32 Å². The Kier molecular flexibility index (Phi) is 7.29. The molecule has 0 amide bonds. The molecule has 0 aliphatic carbocycles. The minimum absolute atomic E-state index is 0.0601. The van der Waals surface area contributed by atoms with Crippen molar-refractivity contribution in [2.75, 3.05) is 26.2 Å². The van der Waals surface area contributed by atoms with Gasteiger partial charge in [-0.2, -0.15) is 13.2 Å². The summed E-state index contributed by atoms with van der Waals surface area (Å²) < 4.78 is 45.2. The first-order valence-electron chi connectivity index (χ1n) is 9.43. The SMILES string of the molecule is CC(C)(C)OC(=O)CNC[C@H]1CCN(Cc2ccc(C(=O)O)cc2C(F)(F)F)C1. The number of carboxylic acid groups (broad SMARTS) is 1. The van der Waals surface area contributed by atoms with Gasteiger partial charge in [-0.05, 0) is 63.9 Å². The van der Waals surface area contributed by atoms with Gasteiger partial charge in [-0.3, -0.25) is 9.69 Å². The number of esters is 1. The van der Waals surface area contributed by atoms with Crippen LogP contribution in [0.4, 0.5) is 13.2 Å². The van der Waals surface area contributed by atoms with Crippen molar-refractivity contribution in [3.05, 3.63) is 34.9 Å². The lowest BCUT2D eigenvalue weighted by molar-refractivity contribution is -0.153. The second kappa shape index (κ2) is 9.13. The maximum absolute atomic E-state index is 13.3. The molecule has 1 fully saturated rings. The number of carbonyl (C=O) groups is 2. The Balaban J connectivity index is 1.90. The second-order valence-corrected chi connectivity index (χ2v) is 8.28. The molecule has 2 rings (SSSR count). The molecular formula is C20H27F3N2O4. The van der Waals surface area contributed by atoms with Crippen LogP contribution in [0, 0.1) is 5.92 Å². The van der Waals surface area contributed by atoms with Crippen LogP contribution in [0.3, 0.4) is 0 Å². The molecule has 0 spiro atoms.